The van der Waals surface area contributed by atoms with Crippen molar-refractivity contribution in [1.82, 2.24) is 10.2 Å². The molecule has 0 amide bonds. The minimum Gasteiger partial charge on any atom is -0.382 e. The zero-order valence-electron chi connectivity index (χ0n) is 12.1. The zero-order chi connectivity index (χ0) is 13.5. The van der Waals surface area contributed by atoms with Crippen LogP contribution in [0.3, 0.4) is 0 Å². The Kier molecular flexibility index (Phi) is 5.83. The summed E-state index contributed by atoms with van der Waals surface area (Å²) in [5.41, 5.74) is 1.39. The van der Waals surface area contributed by atoms with Gasteiger partial charge >= 0.3 is 0 Å². The summed E-state index contributed by atoms with van der Waals surface area (Å²) >= 11 is 0. The molecule has 2 atom stereocenters. The fraction of sp³-hybridized carbons (Fsp3) is 0.625. The maximum absolute atomic E-state index is 5.43. The van der Waals surface area contributed by atoms with Crippen molar-refractivity contribution in [3.8, 4) is 0 Å². The maximum atomic E-state index is 5.43. The van der Waals surface area contributed by atoms with Crippen LogP contribution in [0, 0.1) is 0 Å². The van der Waals surface area contributed by atoms with Gasteiger partial charge in [-0.2, -0.15) is 0 Å². The first-order valence-electron chi connectivity index (χ1n) is 7.41. The fourth-order valence-corrected chi connectivity index (χ4v) is 2.66. The van der Waals surface area contributed by atoms with Crippen molar-refractivity contribution in [2.75, 3.05) is 32.8 Å². The highest BCUT2D eigenvalue weighted by molar-refractivity contribution is 5.20. The van der Waals surface area contributed by atoms with Crippen LogP contribution in [0.5, 0.6) is 0 Å². The number of piperazine rings is 1. The van der Waals surface area contributed by atoms with Gasteiger partial charge in [0.1, 0.15) is 0 Å². The first kappa shape index (κ1) is 14.5. The third kappa shape index (κ3) is 4.30. The summed E-state index contributed by atoms with van der Waals surface area (Å²) in [6.07, 6.45) is 1.12. The lowest BCUT2D eigenvalue weighted by Crippen LogP contribution is -2.51. The molecule has 0 radical (unpaired) electrons. The number of ether oxygens (including phenoxy) is 1. The molecule has 2 rings (SSSR count). The van der Waals surface area contributed by atoms with Crippen LogP contribution in [0.25, 0.3) is 0 Å². The molecule has 3 nitrogen and oxygen atoms in total. The fourth-order valence-electron chi connectivity index (χ4n) is 2.66. The standard InChI is InChI=1S/C16H26N2O/c1-3-19-11-7-10-18-13-16(17-12-14(18)2)15-8-5-4-6-9-15/h4-6,8-9,14,16-17H,3,7,10-13H2,1-2H3. The summed E-state index contributed by atoms with van der Waals surface area (Å²) in [5, 5.41) is 3.64. The van der Waals surface area contributed by atoms with Crippen LogP contribution >= 0.6 is 0 Å². The molecule has 0 aromatic heterocycles. The van der Waals surface area contributed by atoms with Gasteiger partial charge in [0.2, 0.25) is 0 Å². The van der Waals surface area contributed by atoms with Gasteiger partial charge in [-0.1, -0.05) is 30.3 Å². The van der Waals surface area contributed by atoms with Gasteiger partial charge in [0.05, 0.1) is 0 Å². The Labute approximate surface area is 116 Å². The molecule has 106 valence electrons. The number of nitrogens with zero attached hydrogens (tertiary/aromatic N) is 1. The molecule has 1 fully saturated rings. The van der Waals surface area contributed by atoms with Gasteiger partial charge in [0.25, 0.3) is 0 Å². The summed E-state index contributed by atoms with van der Waals surface area (Å²) < 4.78 is 5.43. The number of hydrogen-bond donors (Lipinski definition) is 1. The van der Waals surface area contributed by atoms with Crippen molar-refractivity contribution in [2.45, 2.75) is 32.4 Å². The van der Waals surface area contributed by atoms with Gasteiger partial charge in [-0.15, -0.1) is 0 Å². The monoisotopic (exact) mass is 262 g/mol. The third-order valence-electron chi connectivity index (χ3n) is 3.84. The van der Waals surface area contributed by atoms with E-state index in [1.54, 1.807) is 0 Å². The van der Waals surface area contributed by atoms with Gasteiger partial charge in [-0.25, -0.2) is 0 Å². The van der Waals surface area contributed by atoms with Crippen LogP contribution in [-0.4, -0.2) is 43.8 Å². The number of hydrogen-bond acceptors (Lipinski definition) is 3. The van der Waals surface area contributed by atoms with E-state index in [1.807, 2.05) is 0 Å². The molecule has 1 aliphatic rings. The van der Waals surface area contributed by atoms with Crippen LogP contribution in [0.1, 0.15) is 31.9 Å². The molecule has 1 saturated heterocycles. The highest BCUT2D eigenvalue weighted by Crippen LogP contribution is 2.19. The van der Waals surface area contributed by atoms with Crippen LogP contribution < -0.4 is 5.32 Å². The molecule has 0 bridgehead atoms. The molecule has 0 aliphatic carbocycles. The van der Waals surface area contributed by atoms with Crippen LogP contribution in [0.15, 0.2) is 30.3 Å². The lowest BCUT2D eigenvalue weighted by Gasteiger charge is -2.39. The van der Waals surface area contributed by atoms with E-state index in [4.69, 9.17) is 4.74 Å². The molecule has 0 spiro atoms. The first-order chi connectivity index (χ1) is 9.31. The van der Waals surface area contributed by atoms with Crippen molar-refractivity contribution < 1.29 is 4.74 Å². The summed E-state index contributed by atoms with van der Waals surface area (Å²) in [5.74, 6) is 0. The van der Waals surface area contributed by atoms with Gasteiger partial charge in [0, 0.05) is 44.9 Å². The quantitative estimate of drug-likeness (QED) is 0.797. The maximum Gasteiger partial charge on any atom is 0.0478 e. The Hall–Kier alpha value is -0.900. The predicted molar refractivity (Wildman–Crippen MR) is 79.3 cm³/mol. The molecule has 1 N–H and O–H groups in total. The van der Waals surface area contributed by atoms with Crippen LogP contribution in [0.4, 0.5) is 0 Å². The van der Waals surface area contributed by atoms with Crippen molar-refractivity contribution >= 4 is 0 Å². The highest BCUT2D eigenvalue weighted by atomic mass is 16.5. The molecular formula is C16H26N2O. The van der Waals surface area contributed by atoms with Gasteiger partial charge in [0.15, 0.2) is 0 Å². The first-order valence-corrected chi connectivity index (χ1v) is 7.41. The topological polar surface area (TPSA) is 24.5 Å². The van der Waals surface area contributed by atoms with Gasteiger partial charge < -0.3 is 10.1 Å². The van der Waals surface area contributed by atoms with E-state index in [0.717, 1.165) is 39.3 Å². The van der Waals surface area contributed by atoms with E-state index >= 15 is 0 Å². The second-order valence-electron chi connectivity index (χ2n) is 5.27. The average molecular weight is 262 g/mol. The second-order valence-corrected chi connectivity index (χ2v) is 5.27. The Balaban J connectivity index is 1.85. The van der Waals surface area contributed by atoms with E-state index in [0.29, 0.717) is 12.1 Å². The van der Waals surface area contributed by atoms with Crippen molar-refractivity contribution in [3.05, 3.63) is 35.9 Å². The number of rotatable bonds is 6. The van der Waals surface area contributed by atoms with E-state index in [2.05, 4.69) is 54.4 Å². The molecule has 3 heteroatoms. The Bertz CT molecular complexity index is 355. The van der Waals surface area contributed by atoms with Gasteiger partial charge in [-0.3, -0.25) is 4.90 Å². The van der Waals surface area contributed by atoms with Gasteiger partial charge in [-0.05, 0) is 25.8 Å². The zero-order valence-corrected chi connectivity index (χ0v) is 12.1. The normalized spacial score (nSPS) is 24.5. The summed E-state index contributed by atoms with van der Waals surface area (Å²) in [6, 6.07) is 11.8. The molecule has 2 unspecified atom stereocenters. The van der Waals surface area contributed by atoms with Crippen LogP contribution in [-0.2, 0) is 4.74 Å². The van der Waals surface area contributed by atoms with Crippen LogP contribution in [0.2, 0.25) is 0 Å². The lowest BCUT2D eigenvalue weighted by atomic mass is 10.0. The number of nitrogens with one attached hydrogen (secondary N) is 1. The van der Waals surface area contributed by atoms with E-state index in [1.165, 1.54) is 5.56 Å². The molecule has 1 aromatic carbocycles. The minimum atomic E-state index is 0.462. The summed E-state index contributed by atoms with van der Waals surface area (Å²) in [7, 11) is 0. The Morgan fingerprint density at radius 3 is 2.84 bits per heavy atom. The second kappa shape index (κ2) is 7.63. The summed E-state index contributed by atoms with van der Waals surface area (Å²) in [6.45, 7) is 9.35. The van der Waals surface area contributed by atoms with E-state index < -0.39 is 0 Å². The van der Waals surface area contributed by atoms with E-state index in [-0.39, 0.29) is 0 Å². The average Bonchev–Trinajstić information content (AvgIpc) is 2.46. The summed E-state index contributed by atoms with van der Waals surface area (Å²) in [4.78, 5) is 2.58. The number of benzene rings is 1. The molecular weight excluding hydrogens is 236 g/mol. The van der Waals surface area contributed by atoms with Crippen molar-refractivity contribution in [3.63, 3.8) is 0 Å². The lowest BCUT2D eigenvalue weighted by molar-refractivity contribution is 0.103. The SMILES string of the molecule is CCOCCCN1CC(c2ccccc2)NCC1C. The largest absolute Gasteiger partial charge is 0.382 e. The van der Waals surface area contributed by atoms with Crippen molar-refractivity contribution in [2.24, 2.45) is 0 Å². The predicted octanol–water partition coefficient (Wildman–Crippen LogP) is 2.45. The van der Waals surface area contributed by atoms with E-state index in [9.17, 15) is 0 Å². The molecule has 1 heterocycles. The molecule has 19 heavy (non-hydrogen) atoms. The minimum absolute atomic E-state index is 0.462. The Morgan fingerprint density at radius 2 is 2.11 bits per heavy atom. The molecule has 1 aliphatic heterocycles. The molecule has 1 aromatic rings. The smallest absolute Gasteiger partial charge is 0.0478 e. The molecule has 0 saturated carbocycles. The highest BCUT2D eigenvalue weighted by Gasteiger charge is 2.25. The Morgan fingerprint density at radius 1 is 1.32 bits per heavy atom. The van der Waals surface area contributed by atoms with Crippen molar-refractivity contribution in [1.29, 1.82) is 0 Å². The third-order valence-corrected chi connectivity index (χ3v) is 3.84.